The Morgan fingerprint density at radius 1 is 1.30 bits per heavy atom. The fourth-order valence-corrected chi connectivity index (χ4v) is 3.27. The second-order valence-corrected chi connectivity index (χ2v) is 6.42. The van der Waals surface area contributed by atoms with Crippen molar-refractivity contribution in [3.8, 4) is 0 Å². The van der Waals surface area contributed by atoms with Gasteiger partial charge >= 0.3 is 0 Å². The number of hydrogen-bond donors (Lipinski definition) is 0. The summed E-state index contributed by atoms with van der Waals surface area (Å²) < 4.78 is 0. The maximum Gasteiger partial charge on any atom is 0.291 e. The molecule has 0 radical (unpaired) electrons. The molecule has 2 amide bonds. The van der Waals surface area contributed by atoms with Gasteiger partial charge in [0.15, 0.2) is 5.78 Å². The lowest BCUT2D eigenvalue weighted by atomic mass is 10.1. The van der Waals surface area contributed by atoms with Crippen LogP contribution >= 0.6 is 11.8 Å². The molecule has 1 atom stereocenters. The van der Waals surface area contributed by atoms with E-state index in [2.05, 4.69) is 0 Å². The van der Waals surface area contributed by atoms with E-state index in [1.807, 2.05) is 0 Å². The van der Waals surface area contributed by atoms with E-state index in [1.54, 1.807) is 30.5 Å². The molecule has 0 N–H and O–H groups in total. The Morgan fingerprint density at radius 3 is 2.55 bits per heavy atom. The van der Waals surface area contributed by atoms with E-state index in [0.717, 1.165) is 10.7 Å². The summed E-state index contributed by atoms with van der Waals surface area (Å²) in [7, 11) is 0. The van der Waals surface area contributed by atoms with Crippen molar-refractivity contribution in [2.75, 3.05) is 24.7 Å². The summed E-state index contributed by atoms with van der Waals surface area (Å²) in [5.41, 5.74) is 0. The van der Waals surface area contributed by atoms with Gasteiger partial charge in [0.05, 0.1) is 12.4 Å². The molecule has 2 saturated heterocycles. The highest BCUT2D eigenvalue weighted by Gasteiger charge is 2.43. The highest BCUT2D eigenvalue weighted by Crippen LogP contribution is 2.22. The Kier molecular flexibility index (Phi) is 4.47. The average molecular weight is 298 g/mol. The summed E-state index contributed by atoms with van der Waals surface area (Å²) in [5.74, 6) is -0.624. The molecule has 2 heterocycles. The van der Waals surface area contributed by atoms with E-state index in [9.17, 15) is 19.2 Å². The predicted molar refractivity (Wildman–Crippen MR) is 74.0 cm³/mol. The summed E-state index contributed by atoms with van der Waals surface area (Å²) in [4.78, 5) is 50.7. The van der Waals surface area contributed by atoms with Gasteiger partial charge in [-0.15, -0.1) is 11.8 Å². The summed E-state index contributed by atoms with van der Waals surface area (Å²) in [6.07, 6.45) is 0.0249. The molecule has 2 aliphatic rings. The average Bonchev–Trinajstić information content (AvgIpc) is 3.05. The summed E-state index contributed by atoms with van der Waals surface area (Å²) in [6.45, 7) is 3.77. The molecule has 6 nitrogen and oxygen atoms in total. The van der Waals surface area contributed by atoms with Crippen molar-refractivity contribution in [3.05, 3.63) is 0 Å². The number of Topliss-reactive ketones (excluding diaryl/α,β-unsaturated/α-hetero) is 2. The number of rotatable bonds is 3. The number of ketones is 2. The molecule has 0 saturated carbocycles. The van der Waals surface area contributed by atoms with Crippen LogP contribution in [0.1, 0.15) is 20.3 Å². The fraction of sp³-hybridized carbons (Fsp3) is 0.692. The number of carbonyl (C=O) groups is 4. The van der Waals surface area contributed by atoms with Crippen molar-refractivity contribution < 1.29 is 19.2 Å². The Bertz CT molecular complexity index is 457. The van der Waals surface area contributed by atoms with E-state index < -0.39 is 23.7 Å². The number of thioether (sulfide) groups is 1. The van der Waals surface area contributed by atoms with Crippen LogP contribution in [-0.2, 0) is 19.2 Å². The second-order valence-electron chi connectivity index (χ2n) is 5.35. The first-order valence-electron chi connectivity index (χ1n) is 6.65. The van der Waals surface area contributed by atoms with Crippen LogP contribution in [0.3, 0.4) is 0 Å². The van der Waals surface area contributed by atoms with E-state index in [4.69, 9.17) is 0 Å². The first kappa shape index (κ1) is 15.0. The number of likely N-dealkylation sites (tertiary alicyclic amines) is 1. The minimum Gasteiger partial charge on any atom is -0.331 e. The van der Waals surface area contributed by atoms with Crippen LogP contribution in [0.4, 0.5) is 0 Å². The third-order valence-corrected chi connectivity index (χ3v) is 4.45. The highest BCUT2D eigenvalue weighted by molar-refractivity contribution is 7.99. The smallest absolute Gasteiger partial charge is 0.291 e. The van der Waals surface area contributed by atoms with Crippen molar-refractivity contribution >= 4 is 35.1 Å². The molecule has 0 aromatic heterocycles. The quantitative estimate of drug-likeness (QED) is 0.681. The molecular weight excluding hydrogens is 280 g/mol. The van der Waals surface area contributed by atoms with Gasteiger partial charge in [-0.2, -0.15) is 0 Å². The Hall–Kier alpha value is -1.37. The zero-order valence-electron chi connectivity index (χ0n) is 11.6. The van der Waals surface area contributed by atoms with Crippen molar-refractivity contribution in [1.29, 1.82) is 0 Å². The number of hydrogen-bond acceptors (Lipinski definition) is 5. The molecule has 110 valence electrons. The topological polar surface area (TPSA) is 74.8 Å². The van der Waals surface area contributed by atoms with E-state index in [-0.39, 0.29) is 24.7 Å². The molecule has 2 aliphatic heterocycles. The van der Waals surface area contributed by atoms with Crippen molar-refractivity contribution in [2.45, 2.75) is 26.3 Å². The van der Waals surface area contributed by atoms with Crippen LogP contribution in [-0.4, -0.2) is 63.9 Å². The second kappa shape index (κ2) is 5.95. The zero-order valence-corrected chi connectivity index (χ0v) is 12.4. The van der Waals surface area contributed by atoms with E-state index in [1.165, 1.54) is 0 Å². The Morgan fingerprint density at radius 2 is 2.00 bits per heavy atom. The molecule has 0 unspecified atom stereocenters. The number of amides is 2. The largest absolute Gasteiger partial charge is 0.331 e. The van der Waals surface area contributed by atoms with Crippen molar-refractivity contribution in [2.24, 2.45) is 5.92 Å². The van der Waals surface area contributed by atoms with Crippen LogP contribution in [0.25, 0.3) is 0 Å². The summed E-state index contributed by atoms with van der Waals surface area (Å²) in [6, 6.07) is -0.795. The van der Waals surface area contributed by atoms with Crippen LogP contribution in [0, 0.1) is 5.92 Å². The molecule has 2 rings (SSSR count). The lowest BCUT2D eigenvalue weighted by molar-refractivity contribution is -0.150. The van der Waals surface area contributed by atoms with Gasteiger partial charge in [-0.3, -0.25) is 19.2 Å². The van der Waals surface area contributed by atoms with Gasteiger partial charge in [0.2, 0.25) is 11.7 Å². The number of nitrogens with zero attached hydrogens (tertiary/aromatic N) is 2. The lowest BCUT2D eigenvalue weighted by Gasteiger charge is -2.26. The molecule has 2 fully saturated rings. The van der Waals surface area contributed by atoms with Gasteiger partial charge in [-0.1, -0.05) is 13.8 Å². The first-order valence-corrected chi connectivity index (χ1v) is 7.80. The van der Waals surface area contributed by atoms with Crippen molar-refractivity contribution in [1.82, 2.24) is 9.80 Å². The van der Waals surface area contributed by atoms with Crippen LogP contribution in [0.5, 0.6) is 0 Å². The zero-order chi connectivity index (χ0) is 14.9. The molecule has 0 aromatic carbocycles. The normalized spacial score (nSPS) is 22.8. The van der Waals surface area contributed by atoms with E-state index >= 15 is 0 Å². The highest BCUT2D eigenvalue weighted by atomic mass is 32.2. The molecule has 0 aromatic rings. The summed E-state index contributed by atoms with van der Waals surface area (Å²) >= 11 is 1.64. The molecule has 0 aliphatic carbocycles. The molecule has 0 spiro atoms. The lowest BCUT2D eigenvalue weighted by Crippen LogP contribution is -2.49. The third kappa shape index (κ3) is 2.87. The fourth-order valence-electron chi connectivity index (χ4n) is 2.31. The van der Waals surface area contributed by atoms with Gasteiger partial charge < -0.3 is 9.80 Å². The van der Waals surface area contributed by atoms with E-state index in [0.29, 0.717) is 12.4 Å². The van der Waals surface area contributed by atoms with Gasteiger partial charge in [0.1, 0.15) is 6.04 Å². The molecule has 0 bridgehead atoms. The minimum absolute atomic E-state index is 0.0249. The molecule has 20 heavy (non-hydrogen) atoms. The predicted octanol–water partition coefficient (Wildman–Crippen LogP) is -0.0856. The number of carbonyl (C=O) groups excluding carboxylic acids is 4. The van der Waals surface area contributed by atoms with Crippen LogP contribution in [0.15, 0.2) is 0 Å². The SMILES string of the molecule is CC(C)C(=O)C(=O)N1CC(=O)C[C@H]1C(=O)N1CCSC1. The van der Waals surface area contributed by atoms with Gasteiger partial charge in [-0.05, 0) is 0 Å². The maximum absolute atomic E-state index is 12.4. The van der Waals surface area contributed by atoms with Gasteiger partial charge in [0, 0.05) is 24.6 Å². The van der Waals surface area contributed by atoms with Crippen molar-refractivity contribution in [3.63, 3.8) is 0 Å². The first-order chi connectivity index (χ1) is 9.41. The maximum atomic E-state index is 12.4. The summed E-state index contributed by atoms with van der Waals surface area (Å²) in [5, 5.41) is 0. The molecule has 7 heteroatoms. The minimum atomic E-state index is -0.795. The molecular formula is C13H18N2O4S. The monoisotopic (exact) mass is 298 g/mol. The van der Waals surface area contributed by atoms with Crippen LogP contribution < -0.4 is 0 Å². The Labute approximate surface area is 121 Å². The standard InChI is InChI=1S/C13H18N2O4S/c1-8(2)11(17)13(19)15-6-9(16)5-10(15)12(18)14-3-4-20-7-14/h8,10H,3-7H2,1-2H3/t10-/m0/s1. The van der Waals surface area contributed by atoms with Crippen LogP contribution in [0.2, 0.25) is 0 Å². The van der Waals surface area contributed by atoms with Gasteiger partial charge in [-0.25, -0.2) is 0 Å². The Balaban J connectivity index is 2.13. The van der Waals surface area contributed by atoms with Gasteiger partial charge in [0.25, 0.3) is 5.91 Å². The third-order valence-electron chi connectivity index (χ3n) is 3.49.